The van der Waals surface area contributed by atoms with E-state index in [1.165, 1.54) is 18.5 Å². The van der Waals surface area contributed by atoms with Crippen LogP contribution in [0.5, 0.6) is 11.5 Å². The standard InChI is InChI=1S/C8H12N2O3S.C5H6N2O3S/c1-6(2)13-7-3-8(5-10-4-7)14(9,11)12;6-11(9,10)5-1-4(8)2-7-3-5/h3-6H,1-2H3,(H2,9,11,12);1-3,8H,(H2,6,9,10). The monoisotopic (exact) mass is 390 g/mol. The molecule has 2 rings (SSSR count). The zero-order valence-corrected chi connectivity index (χ0v) is 15.0. The van der Waals surface area contributed by atoms with Gasteiger partial charge in [-0.1, -0.05) is 0 Å². The van der Waals surface area contributed by atoms with E-state index < -0.39 is 20.0 Å². The average molecular weight is 390 g/mol. The average Bonchev–Trinajstić information content (AvgIpc) is 2.46. The van der Waals surface area contributed by atoms with Gasteiger partial charge in [0.25, 0.3) is 0 Å². The molecule has 2 aromatic heterocycles. The minimum absolute atomic E-state index is 0.0347. The molecule has 0 aliphatic carbocycles. The van der Waals surface area contributed by atoms with Crippen molar-refractivity contribution in [3.63, 3.8) is 0 Å². The van der Waals surface area contributed by atoms with Gasteiger partial charge in [-0.3, -0.25) is 9.97 Å². The second-order valence-electron chi connectivity index (χ2n) is 4.99. The van der Waals surface area contributed by atoms with Gasteiger partial charge in [0.15, 0.2) is 0 Å². The van der Waals surface area contributed by atoms with Gasteiger partial charge >= 0.3 is 0 Å². The number of aromatic nitrogens is 2. The fourth-order valence-corrected chi connectivity index (χ4v) is 2.44. The Hall–Kier alpha value is -2.28. The van der Waals surface area contributed by atoms with Crippen molar-refractivity contribution in [2.75, 3.05) is 0 Å². The highest BCUT2D eigenvalue weighted by Gasteiger charge is 2.10. The first-order chi connectivity index (χ1) is 11.4. The van der Waals surface area contributed by atoms with Crippen molar-refractivity contribution in [3.05, 3.63) is 36.9 Å². The molecule has 0 saturated carbocycles. The number of hydrogen-bond acceptors (Lipinski definition) is 8. The fraction of sp³-hybridized carbons (Fsp3) is 0.231. The molecule has 0 aromatic carbocycles. The molecule has 0 radical (unpaired) electrons. The molecule has 0 amide bonds. The third-order valence-electron chi connectivity index (χ3n) is 2.42. The van der Waals surface area contributed by atoms with E-state index in [1.807, 2.05) is 13.8 Å². The topological polar surface area (TPSA) is 176 Å². The molecule has 5 N–H and O–H groups in total. The summed E-state index contributed by atoms with van der Waals surface area (Å²) in [7, 11) is -7.45. The number of aromatic hydroxyl groups is 1. The molecule has 2 aromatic rings. The largest absolute Gasteiger partial charge is 0.506 e. The number of primary sulfonamides is 2. The maximum absolute atomic E-state index is 11.0. The number of ether oxygens (including phenoxy) is 1. The Bertz CT molecular complexity index is 929. The summed E-state index contributed by atoms with van der Waals surface area (Å²) in [6.07, 6.45) is 4.77. The van der Waals surface area contributed by atoms with Crippen molar-refractivity contribution in [1.29, 1.82) is 0 Å². The maximum Gasteiger partial charge on any atom is 0.239 e. The normalized spacial score (nSPS) is 11.6. The van der Waals surface area contributed by atoms with Crippen LogP contribution in [-0.2, 0) is 20.0 Å². The minimum Gasteiger partial charge on any atom is -0.506 e. The van der Waals surface area contributed by atoms with Crippen LogP contribution in [-0.4, -0.2) is 38.0 Å². The van der Waals surface area contributed by atoms with Crippen molar-refractivity contribution >= 4 is 20.0 Å². The van der Waals surface area contributed by atoms with E-state index >= 15 is 0 Å². The first kappa shape index (κ1) is 20.8. The van der Waals surface area contributed by atoms with Crippen LogP contribution in [0.25, 0.3) is 0 Å². The summed E-state index contributed by atoms with van der Waals surface area (Å²) >= 11 is 0. The van der Waals surface area contributed by atoms with E-state index in [4.69, 9.17) is 20.1 Å². The Kier molecular flexibility index (Phi) is 6.81. The molecule has 0 saturated heterocycles. The van der Waals surface area contributed by atoms with Crippen LogP contribution in [0.1, 0.15) is 13.8 Å². The lowest BCUT2D eigenvalue weighted by Gasteiger charge is -2.09. The molecule has 0 unspecified atom stereocenters. The third-order valence-corrected chi connectivity index (χ3v) is 4.18. The molecule has 0 spiro atoms. The first-order valence-electron chi connectivity index (χ1n) is 6.71. The highest BCUT2D eigenvalue weighted by atomic mass is 32.2. The molecule has 0 atom stereocenters. The van der Waals surface area contributed by atoms with Gasteiger partial charge in [0.2, 0.25) is 20.0 Å². The smallest absolute Gasteiger partial charge is 0.239 e. The molecule has 10 nitrogen and oxygen atoms in total. The van der Waals surface area contributed by atoms with Crippen molar-refractivity contribution in [1.82, 2.24) is 9.97 Å². The second kappa shape index (κ2) is 8.20. The molecule has 0 fully saturated rings. The highest BCUT2D eigenvalue weighted by Crippen LogP contribution is 2.15. The van der Waals surface area contributed by atoms with E-state index in [1.54, 1.807) is 0 Å². The number of hydrogen-bond donors (Lipinski definition) is 3. The quantitative estimate of drug-likeness (QED) is 0.651. The molecule has 25 heavy (non-hydrogen) atoms. The van der Waals surface area contributed by atoms with Crippen molar-refractivity contribution < 1.29 is 26.7 Å². The van der Waals surface area contributed by atoms with E-state index in [2.05, 4.69) is 9.97 Å². The van der Waals surface area contributed by atoms with Gasteiger partial charge in [-0.05, 0) is 13.8 Å². The van der Waals surface area contributed by atoms with Crippen molar-refractivity contribution in [3.8, 4) is 11.5 Å². The van der Waals surface area contributed by atoms with E-state index in [9.17, 15) is 16.8 Å². The highest BCUT2D eigenvalue weighted by molar-refractivity contribution is 7.89. The Morgan fingerprint density at radius 3 is 1.80 bits per heavy atom. The van der Waals surface area contributed by atoms with Crippen LogP contribution in [0.2, 0.25) is 0 Å². The molecule has 12 heteroatoms. The molecule has 2 heterocycles. The second-order valence-corrected chi connectivity index (χ2v) is 8.11. The Labute approximate surface area is 145 Å². The van der Waals surface area contributed by atoms with Gasteiger partial charge in [-0.25, -0.2) is 27.1 Å². The lowest BCUT2D eigenvalue weighted by atomic mass is 10.4. The van der Waals surface area contributed by atoms with E-state index in [0.29, 0.717) is 5.75 Å². The summed E-state index contributed by atoms with van der Waals surface area (Å²) in [6, 6.07) is 2.38. The number of nitrogens with zero attached hydrogens (tertiary/aromatic N) is 2. The zero-order chi connectivity index (χ0) is 19.3. The third kappa shape index (κ3) is 7.43. The SMILES string of the molecule is CC(C)Oc1cncc(S(N)(=O)=O)c1.NS(=O)(=O)c1cncc(O)c1. The first-order valence-corrected chi connectivity index (χ1v) is 9.80. The van der Waals surface area contributed by atoms with Crippen LogP contribution in [0.3, 0.4) is 0 Å². The van der Waals surface area contributed by atoms with Crippen molar-refractivity contribution in [2.24, 2.45) is 10.3 Å². The van der Waals surface area contributed by atoms with E-state index in [0.717, 1.165) is 18.5 Å². The van der Waals surface area contributed by atoms with Crippen LogP contribution < -0.4 is 15.0 Å². The molecule has 0 aliphatic rings. The lowest BCUT2D eigenvalue weighted by Crippen LogP contribution is -2.13. The molecular weight excluding hydrogens is 372 g/mol. The van der Waals surface area contributed by atoms with Crippen LogP contribution in [0.4, 0.5) is 0 Å². The Balaban J connectivity index is 0.000000257. The van der Waals surface area contributed by atoms with E-state index in [-0.39, 0.29) is 21.6 Å². The molecular formula is C13H18N4O6S2. The summed E-state index contributed by atoms with van der Waals surface area (Å²) in [6.45, 7) is 3.67. The maximum atomic E-state index is 11.0. The summed E-state index contributed by atoms with van der Waals surface area (Å²) < 4.78 is 48.4. The molecule has 0 bridgehead atoms. The fourth-order valence-electron chi connectivity index (χ4n) is 1.45. The predicted molar refractivity (Wildman–Crippen MR) is 88.6 cm³/mol. The van der Waals surface area contributed by atoms with Gasteiger partial charge in [-0.15, -0.1) is 0 Å². The molecule has 0 aliphatic heterocycles. The number of rotatable bonds is 4. The number of nitrogens with two attached hydrogens (primary N) is 2. The van der Waals surface area contributed by atoms with Gasteiger partial charge in [0, 0.05) is 24.5 Å². The van der Waals surface area contributed by atoms with Crippen LogP contribution in [0, 0.1) is 0 Å². The van der Waals surface area contributed by atoms with Crippen molar-refractivity contribution in [2.45, 2.75) is 29.7 Å². The van der Waals surface area contributed by atoms with Crippen LogP contribution >= 0.6 is 0 Å². The Morgan fingerprint density at radius 1 is 0.920 bits per heavy atom. The van der Waals surface area contributed by atoms with Gasteiger partial charge in [0.1, 0.15) is 21.3 Å². The predicted octanol–water partition coefficient (Wildman–Crippen LogP) is -0.0492. The summed E-state index contributed by atoms with van der Waals surface area (Å²) in [5.41, 5.74) is 0. The summed E-state index contributed by atoms with van der Waals surface area (Å²) in [4.78, 5) is 6.92. The number of sulfonamides is 2. The van der Waals surface area contributed by atoms with Gasteiger partial charge in [-0.2, -0.15) is 0 Å². The molecule has 138 valence electrons. The summed E-state index contributed by atoms with van der Waals surface area (Å²) in [5.74, 6) is 0.169. The lowest BCUT2D eigenvalue weighted by molar-refractivity contribution is 0.241. The van der Waals surface area contributed by atoms with Gasteiger partial charge in [0.05, 0.1) is 18.5 Å². The van der Waals surface area contributed by atoms with Crippen LogP contribution in [0.15, 0.2) is 46.7 Å². The number of pyridine rings is 2. The minimum atomic E-state index is -3.75. The Morgan fingerprint density at radius 2 is 1.40 bits per heavy atom. The zero-order valence-electron chi connectivity index (χ0n) is 13.4. The van der Waals surface area contributed by atoms with Gasteiger partial charge < -0.3 is 9.84 Å². The summed E-state index contributed by atoms with van der Waals surface area (Å²) in [5, 5.41) is 18.5.